The van der Waals surface area contributed by atoms with Gasteiger partial charge in [0.15, 0.2) is 6.61 Å². The van der Waals surface area contributed by atoms with Gasteiger partial charge in [0.2, 0.25) is 0 Å². The summed E-state index contributed by atoms with van der Waals surface area (Å²) in [5, 5.41) is 2.77. The number of ether oxygens (including phenoxy) is 1. The first kappa shape index (κ1) is 15.5. The number of hydrogen-bond donors (Lipinski definition) is 2. The minimum atomic E-state index is -0.104. The number of benzene rings is 1. The standard InChI is InChI=1S/C15H24N2O2/c1-3-12(2)13-7-4-5-8-14(13)19-11-15(18)17-10-6-9-16/h4-5,7-8,12H,3,6,9-11,16H2,1-2H3,(H,17,18). The Labute approximate surface area is 115 Å². The largest absolute Gasteiger partial charge is 0.483 e. The van der Waals surface area contributed by atoms with Gasteiger partial charge in [-0.05, 0) is 36.9 Å². The number of carbonyl (C=O) groups excluding carboxylic acids is 1. The summed E-state index contributed by atoms with van der Waals surface area (Å²) < 4.78 is 5.61. The first-order chi connectivity index (χ1) is 9.19. The second-order valence-corrected chi connectivity index (χ2v) is 4.63. The van der Waals surface area contributed by atoms with Crippen molar-refractivity contribution in [3.05, 3.63) is 29.8 Å². The molecule has 0 radical (unpaired) electrons. The lowest BCUT2D eigenvalue weighted by Crippen LogP contribution is -2.30. The fraction of sp³-hybridized carbons (Fsp3) is 0.533. The van der Waals surface area contributed by atoms with Crippen LogP contribution in [0.3, 0.4) is 0 Å². The van der Waals surface area contributed by atoms with Crippen molar-refractivity contribution in [2.24, 2.45) is 5.73 Å². The van der Waals surface area contributed by atoms with Crippen molar-refractivity contribution < 1.29 is 9.53 Å². The molecule has 1 atom stereocenters. The summed E-state index contributed by atoms with van der Waals surface area (Å²) in [5.74, 6) is 1.12. The maximum Gasteiger partial charge on any atom is 0.257 e. The van der Waals surface area contributed by atoms with Gasteiger partial charge in [-0.25, -0.2) is 0 Å². The molecule has 0 saturated carbocycles. The van der Waals surface area contributed by atoms with Crippen molar-refractivity contribution in [1.29, 1.82) is 0 Å². The fourth-order valence-corrected chi connectivity index (χ4v) is 1.76. The van der Waals surface area contributed by atoms with Crippen LogP contribution in [0.25, 0.3) is 0 Å². The van der Waals surface area contributed by atoms with Crippen molar-refractivity contribution in [2.45, 2.75) is 32.6 Å². The van der Waals surface area contributed by atoms with Crippen LogP contribution in [0, 0.1) is 0 Å². The van der Waals surface area contributed by atoms with E-state index >= 15 is 0 Å². The molecular formula is C15H24N2O2. The summed E-state index contributed by atoms with van der Waals surface area (Å²) in [6.45, 7) is 5.53. The van der Waals surface area contributed by atoms with E-state index in [2.05, 4.69) is 25.2 Å². The zero-order valence-electron chi connectivity index (χ0n) is 11.8. The van der Waals surface area contributed by atoms with Gasteiger partial charge in [-0.1, -0.05) is 32.0 Å². The number of para-hydroxylation sites is 1. The van der Waals surface area contributed by atoms with Crippen molar-refractivity contribution in [3.63, 3.8) is 0 Å². The Kier molecular flexibility index (Phi) is 6.97. The minimum absolute atomic E-state index is 0.0536. The van der Waals surface area contributed by atoms with Gasteiger partial charge in [0.25, 0.3) is 5.91 Å². The Balaban J connectivity index is 2.50. The van der Waals surface area contributed by atoms with Crippen molar-refractivity contribution in [1.82, 2.24) is 5.32 Å². The number of nitrogens with one attached hydrogen (secondary N) is 1. The Morgan fingerprint density at radius 1 is 1.42 bits per heavy atom. The van der Waals surface area contributed by atoms with Crippen LogP contribution in [-0.4, -0.2) is 25.6 Å². The van der Waals surface area contributed by atoms with E-state index < -0.39 is 0 Å². The summed E-state index contributed by atoms with van der Waals surface area (Å²) >= 11 is 0. The Morgan fingerprint density at radius 3 is 2.84 bits per heavy atom. The molecule has 0 saturated heterocycles. The monoisotopic (exact) mass is 264 g/mol. The average molecular weight is 264 g/mol. The maximum atomic E-state index is 11.6. The van der Waals surface area contributed by atoms with Crippen molar-refractivity contribution in [2.75, 3.05) is 19.7 Å². The van der Waals surface area contributed by atoms with Crippen LogP contribution >= 0.6 is 0 Å². The zero-order chi connectivity index (χ0) is 14.1. The molecule has 1 aromatic rings. The minimum Gasteiger partial charge on any atom is -0.483 e. The van der Waals surface area contributed by atoms with Gasteiger partial charge < -0.3 is 15.8 Å². The third-order valence-corrected chi connectivity index (χ3v) is 3.12. The van der Waals surface area contributed by atoms with Crippen LogP contribution in [-0.2, 0) is 4.79 Å². The van der Waals surface area contributed by atoms with Gasteiger partial charge in [0.05, 0.1) is 0 Å². The third kappa shape index (κ3) is 5.30. The van der Waals surface area contributed by atoms with Gasteiger partial charge in [-0.3, -0.25) is 4.79 Å². The number of nitrogens with two attached hydrogens (primary N) is 1. The summed E-state index contributed by atoms with van der Waals surface area (Å²) in [7, 11) is 0. The highest BCUT2D eigenvalue weighted by molar-refractivity contribution is 5.77. The number of hydrogen-bond acceptors (Lipinski definition) is 3. The SMILES string of the molecule is CCC(C)c1ccccc1OCC(=O)NCCCN. The summed E-state index contributed by atoms with van der Waals surface area (Å²) in [4.78, 5) is 11.6. The molecule has 4 nitrogen and oxygen atoms in total. The molecule has 0 bridgehead atoms. The average Bonchev–Trinajstić information content (AvgIpc) is 2.45. The van der Waals surface area contributed by atoms with E-state index in [9.17, 15) is 4.79 Å². The highest BCUT2D eigenvalue weighted by Crippen LogP contribution is 2.28. The highest BCUT2D eigenvalue weighted by atomic mass is 16.5. The quantitative estimate of drug-likeness (QED) is 0.706. The molecule has 0 spiro atoms. The first-order valence-electron chi connectivity index (χ1n) is 6.87. The third-order valence-electron chi connectivity index (χ3n) is 3.12. The van der Waals surface area contributed by atoms with Crippen molar-refractivity contribution >= 4 is 5.91 Å². The second kappa shape index (κ2) is 8.53. The van der Waals surface area contributed by atoms with Gasteiger partial charge in [-0.15, -0.1) is 0 Å². The molecule has 106 valence electrons. The summed E-state index contributed by atoms with van der Waals surface area (Å²) in [5.41, 5.74) is 6.52. The molecule has 1 aromatic carbocycles. The maximum absolute atomic E-state index is 11.6. The van der Waals surface area contributed by atoms with Gasteiger partial charge in [-0.2, -0.15) is 0 Å². The van der Waals surface area contributed by atoms with Crippen LogP contribution in [0.15, 0.2) is 24.3 Å². The zero-order valence-corrected chi connectivity index (χ0v) is 11.8. The fourth-order valence-electron chi connectivity index (χ4n) is 1.76. The molecule has 0 aromatic heterocycles. The number of carbonyl (C=O) groups is 1. The molecule has 4 heteroatoms. The van der Waals surface area contributed by atoms with Gasteiger partial charge in [0.1, 0.15) is 5.75 Å². The molecule has 1 unspecified atom stereocenters. The lowest BCUT2D eigenvalue weighted by atomic mass is 9.98. The van der Waals surface area contributed by atoms with E-state index in [1.165, 1.54) is 0 Å². The smallest absolute Gasteiger partial charge is 0.257 e. The molecule has 0 heterocycles. The lowest BCUT2D eigenvalue weighted by molar-refractivity contribution is -0.123. The van der Waals surface area contributed by atoms with Gasteiger partial charge >= 0.3 is 0 Å². The van der Waals surface area contributed by atoms with Crippen LogP contribution < -0.4 is 15.8 Å². The van der Waals surface area contributed by atoms with E-state index in [1.807, 2.05) is 18.2 Å². The molecule has 3 N–H and O–H groups in total. The molecule has 1 rings (SSSR count). The molecular weight excluding hydrogens is 240 g/mol. The van der Waals surface area contributed by atoms with Crippen LogP contribution in [0.4, 0.5) is 0 Å². The van der Waals surface area contributed by atoms with E-state index in [4.69, 9.17) is 10.5 Å². The van der Waals surface area contributed by atoms with Gasteiger partial charge in [0, 0.05) is 6.54 Å². The second-order valence-electron chi connectivity index (χ2n) is 4.63. The molecule has 0 aliphatic heterocycles. The topological polar surface area (TPSA) is 64.3 Å². The number of rotatable bonds is 8. The predicted molar refractivity (Wildman–Crippen MR) is 77.3 cm³/mol. The molecule has 0 aliphatic carbocycles. The number of amides is 1. The molecule has 0 aliphatic rings. The van der Waals surface area contributed by atoms with E-state index in [0.29, 0.717) is 19.0 Å². The van der Waals surface area contributed by atoms with E-state index in [-0.39, 0.29) is 12.5 Å². The van der Waals surface area contributed by atoms with Crippen molar-refractivity contribution in [3.8, 4) is 5.75 Å². The Bertz CT molecular complexity index is 393. The molecule has 1 amide bonds. The predicted octanol–water partition coefficient (Wildman–Crippen LogP) is 2.04. The molecule has 0 fully saturated rings. The van der Waals surface area contributed by atoms with Crippen LogP contribution in [0.1, 0.15) is 38.2 Å². The molecule has 19 heavy (non-hydrogen) atoms. The Morgan fingerprint density at radius 2 is 2.16 bits per heavy atom. The summed E-state index contributed by atoms with van der Waals surface area (Å²) in [6, 6.07) is 7.88. The summed E-state index contributed by atoms with van der Waals surface area (Å²) in [6.07, 6.45) is 1.83. The van der Waals surface area contributed by atoms with Crippen LogP contribution in [0.5, 0.6) is 5.75 Å². The van der Waals surface area contributed by atoms with E-state index in [0.717, 1.165) is 24.2 Å². The normalized spacial score (nSPS) is 11.9. The first-order valence-corrected chi connectivity index (χ1v) is 6.87. The lowest BCUT2D eigenvalue weighted by Gasteiger charge is -2.15. The highest BCUT2D eigenvalue weighted by Gasteiger charge is 2.10. The van der Waals surface area contributed by atoms with E-state index in [1.54, 1.807) is 0 Å². The Hall–Kier alpha value is -1.55. The van der Waals surface area contributed by atoms with Crippen LogP contribution in [0.2, 0.25) is 0 Å².